The fraction of sp³-hybridized carbons (Fsp3) is 0.529. The maximum atomic E-state index is 12.5. The van der Waals surface area contributed by atoms with Gasteiger partial charge < -0.3 is 11.1 Å². The number of aromatic nitrogens is 3. The molecule has 1 aliphatic rings. The van der Waals surface area contributed by atoms with Gasteiger partial charge in [-0.2, -0.15) is 0 Å². The van der Waals surface area contributed by atoms with E-state index in [-0.39, 0.29) is 29.9 Å². The van der Waals surface area contributed by atoms with E-state index in [1.807, 2.05) is 13.8 Å². The number of nitrogens with one attached hydrogen (secondary N) is 2. The first-order chi connectivity index (χ1) is 11.9. The van der Waals surface area contributed by atoms with Crippen LogP contribution >= 0.6 is 11.6 Å². The zero-order chi connectivity index (χ0) is 18.0. The van der Waals surface area contributed by atoms with E-state index in [0.29, 0.717) is 22.9 Å². The number of halogens is 1. The van der Waals surface area contributed by atoms with Gasteiger partial charge in [-0.05, 0) is 39.2 Å². The molecule has 1 saturated carbocycles. The van der Waals surface area contributed by atoms with E-state index in [4.69, 9.17) is 17.3 Å². The van der Waals surface area contributed by atoms with E-state index >= 15 is 0 Å². The number of rotatable bonds is 4. The van der Waals surface area contributed by atoms with Crippen molar-refractivity contribution >= 4 is 40.2 Å². The molecule has 134 valence electrons. The molecule has 2 heterocycles. The lowest BCUT2D eigenvalue weighted by atomic mass is 9.85. The Balaban J connectivity index is 1.84. The van der Waals surface area contributed by atoms with E-state index in [1.165, 1.54) is 0 Å². The molecule has 8 heteroatoms. The zero-order valence-corrected chi connectivity index (χ0v) is 15.2. The Morgan fingerprint density at radius 2 is 2.16 bits per heavy atom. The lowest BCUT2D eigenvalue weighted by Gasteiger charge is -2.25. The minimum Gasteiger partial charge on any atom is -0.366 e. The van der Waals surface area contributed by atoms with Gasteiger partial charge in [0.1, 0.15) is 10.7 Å². The van der Waals surface area contributed by atoms with E-state index < -0.39 is 0 Å². The summed E-state index contributed by atoms with van der Waals surface area (Å²) in [6, 6.07) is 1.97. The van der Waals surface area contributed by atoms with Crippen molar-refractivity contribution in [2.75, 3.05) is 10.6 Å². The van der Waals surface area contributed by atoms with Gasteiger partial charge in [-0.25, -0.2) is 15.0 Å². The van der Waals surface area contributed by atoms with Gasteiger partial charge >= 0.3 is 0 Å². The Bertz CT molecular complexity index is 781. The third-order valence-electron chi connectivity index (χ3n) is 4.28. The van der Waals surface area contributed by atoms with Gasteiger partial charge in [-0.1, -0.05) is 18.0 Å². The minimum atomic E-state index is -0.0837. The first kappa shape index (κ1) is 17.8. The number of fused-ring (bicyclic) bond motifs is 1. The molecule has 0 bridgehead atoms. The monoisotopic (exact) mass is 362 g/mol. The van der Waals surface area contributed by atoms with Gasteiger partial charge in [0.15, 0.2) is 5.82 Å². The summed E-state index contributed by atoms with van der Waals surface area (Å²) in [5.41, 5.74) is 6.60. The predicted molar refractivity (Wildman–Crippen MR) is 99.7 cm³/mol. The number of pyridine rings is 1. The fourth-order valence-corrected chi connectivity index (χ4v) is 3.32. The van der Waals surface area contributed by atoms with Crippen molar-refractivity contribution < 1.29 is 4.79 Å². The number of carbonyl (C=O) groups excluding carboxylic acids is 1. The van der Waals surface area contributed by atoms with Crippen molar-refractivity contribution in [3.05, 3.63) is 17.4 Å². The van der Waals surface area contributed by atoms with Crippen molar-refractivity contribution in [3.63, 3.8) is 0 Å². The van der Waals surface area contributed by atoms with Crippen LogP contribution in [0.2, 0.25) is 5.15 Å². The first-order valence-electron chi connectivity index (χ1n) is 8.58. The fourth-order valence-electron chi connectivity index (χ4n) is 3.12. The summed E-state index contributed by atoms with van der Waals surface area (Å²) in [7, 11) is 0. The summed E-state index contributed by atoms with van der Waals surface area (Å²) in [5.74, 6) is 0.692. The number of anilines is 2. The molecule has 0 radical (unpaired) electrons. The molecule has 2 aromatic heterocycles. The number of hydrogen-bond acceptors (Lipinski definition) is 6. The van der Waals surface area contributed by atoms with Crippen LogP contribution in [0.15, 0.2) is 12.3 Å². The van der Waals surface area contributed by atoms with Crippen LogP contribution in [-0.2, 0) is 4.79 Å². The number of hydrogen-bond donors (Lipinski definition) is 3. The lowest BCUT2D eigenvalue weighted by molar-refractivity contribution is -0.120. The second-order valence-electron chi connectivity index (χ2n) is 6.84. The molecule has 2 atom stereocenters. The molecule has 1 fully saturated rings. The molecular weight excluding hydrogens is 340 g/mol. The van der Waals surface area contributed by atoms with Gasteiger partial charge in [-0.15, -0.1) is 0 Å². The van der Waals surface area contributed by atoms with Gasteiger partial charge in [0, 0.05) is 29.6 Å². The number of nitrogens with zero attached hydrogens (tertiary/aromatic N) is 3. The van der Waals surface area contributed by atoms with Gasteiger partial charge in [-0.3, -0.25) is 10.1 Å². The maximum Gasteiger partial charge on any atom is 0.230 e. The minimum absolute atomic E-state index is 0.0743. The smallest absolute Gasteiger partial charge is 0.230 e. The Morgan fingerprint density at radius 3 is 2.88 bits per heavy atom. The highest BCUT2D eigenvalue weighted by Crippen LogP contribution is 2.26. The summed E-state index contributed by atoms with van der Waals surface area (Å²) >= 11 is 6.06. The van der Waals surface area contributed by atoms with Crippen molar-refractivity contribution in [3.8, 4) is 0 Å². The Morgan fingerprint density at radius 1 is 1.36 bits per heavy atom. The highest BCUT2D eigenvalue weighted by molar-refractivity contribution is 6.30. The van der Waals surface area contributed by atoms with E-state index in [2.05, 4.69) is 25.6 Å². The highest BCUT2D eigenvalue weighted by Gasteiger charge is 2.26. The number of carbonyl (C=O) groups is 1. The van der Waals surface area contributed by atoms with Crippen molar-refractivity contribution in [1.82, 2.24) is 15.0 Å². The molecule has 1 aliphatic carbocycles. The van der Waals surface area contributed by atoms with Crippen LogP contribution in [0.1, 0.15) is 39.5 Å². The third kappa shape index (κ3) is 4.35. The van der Waals surface area contributed by atoms with Crippen LogP contribution in [-0.4, -0.2) is 32.9 Å². The lowest BCUT2D eigenvalue weighted by Crippen LogP contribution is -2.34. The third-order valence-corrected chi connectivity index (χ3v) is 4.47. The van der Waals surface area contributed by atoms with E-state index in [9.17, 15) is 4.79 Å². The quantitative estimate of drug-likeness (QED) is 0.722. The Labute approximate surface area is 151 Å². The average molecular weight is 363 g/mol. The molecule has 0 spiro atoms. The SMILES string of the molecule is CC(C)Nc1nc(Cl)cc2cnc(NC(=O)[C@H]3CCC[C@@H](N)C3)nc12. The molecule has 25 heavy (non-hydrogen) atoms. The summed E-state index contributed by atoms with van der Waals surface area (Å²) < 4.78 is 0. The first-order valence-corrected chi connectivity index (χ1v) is 8.96. The van der Waals surface area contributed by atoms with Gasteiger partial charge in [0.2, 0.25) is 11.9 Å². The average Bonchev–Trinajstić information content (AvgIpc) is 2.54. The second-order valence-corrected chi connectivity index (χ2v) is 7.22. The van der Waals surface area contributed by atoms with Gasteiger partial charge in [0.05, 0.1) is 0 Å². The molecule has 4 N–H and O–H groups in total. The van der Waals surface area contributed by atoms with E-state index in [1.54, 1.807) is 12.3 Å². The summed E-state index contributed by atoms with van der Waals surface area (Å²) in [6.45, 7) is 4.01. The highest BCUT2D eigenvalue weighted by atomic mass is 35.5. The van der Waals surface area contributed by atoms with Crippen molar-refractivity contribution in [1.29, 1.82) is 0 Å². The van der Waals surface area contributed by atoms with Crippen LogP contribution in [0.25, 0.3) is 10.9 Å². The van der Waals surface area contributed by atoms with Crippen LogP contribution in [0.4, 0.5) is 11.8 Å². The maximum absolute atomic E-state index is 12.5. The molecule has 0 aromatic carbocycles. The Hall–Kier alpha value is -1.99. The van der Waals surface area contributed by atoms with Crippen molar-refractivity contribution in [2.24, 2.45) is 11.7 Å². The molecule has 7 nitrogen and oxygen atoms in total. The molecule has 0 saturated heterocycles. The summed E-state index contributed by atoms with van der Waals surface area (Å²) in [5, 5.41) is 7.17. The van der Waals surface area contributed by atoms with Crippen molar-refractivity contribution in [2.45, 2.75) is 51.6 Å². The topological polar surface area (TPSA) is 106 Å². The molecule has 1 amide bonds. The number of nitrogens with two attached hydrogens (primary N) is 1. The molecule has 0 aliphatic heterocycles. The molecule has 0 unspecified atom stereocenters. The van der Waals surface area contributed by atoms with Crippen LogP contribution in [0.5, 0.6) is 0 Å². The second kappa shape index (κ2) is 7.49. The van der Waals surface area contributed by atoms with Gasteiger partial charge in [0.25, 0.3) is 0 Å². The normalized spacial score (nSPS) is 20.7. The molecule has 3 rings (SSSR count). The zero-order valence-electron chi connectivity index (χ0n) is 14.4. The molecular formula is C17H23ClN6O. The number of amides is 1. The standard InChI is InChI=1S/C17H23ClN6O/c1-9(2)21-15-14-11(7-13(18)22-15)8-20-17(23-14)24-16(25)10-4-3-5-12(19)6-10/h7-10,12H,3-6,19H2,1-2H3,(H,21,22)(H,20,23,24,25)/t10-,12+/m0/s1. The van der Waals surface area contributed by atoms with E-state index in [0.717, 1.165) is 24.6 Å². The summed E-state index contributed by atoms with van der Waals surface area (Å²) in [4.78, 5) is 25.5. The van der Waals surface area contributed by atoms with Crippen LogP contribution in [0, 0.1) is 5.92 Å². The molecule has 2 aromatic rings. The van der Waals surface area contributed by atoms with Crippen LogP contribution in [0.3, 0.4) is 0 Å². The van der Waals surface area contributed by atoms with Crippen LogP contribution < -0.4 is 16.4 Å². The summed E-state index contributed by atoms with van der Waals surface area (Å²) in [6.07, 6.45) is 5.15. The predicted octanol–water partition coefficient (Wildman–Crippen LogP) is 2.95. The Kier molecular flexibility index (Phi) is 5.34. The largest absolute Gasteiger partial charge is 0.366 e.